The zero-order chi connectivity index (χ0) is 17.5. The molecule has 0 aromatic heterocycles. The van der Waals surface area contributed by atoms with Crippen LogP contribution < -0.4 is 0 Å². The summed E-state index contributed by atoms with van der Waals surface area (Å²) in [5, 5.41) is 11.8. The SMILES string of the molecule is C.C[C@H](CCC(O)CC[C@@H](C)c1ccc(Cl)cc1)c1ccc(Cl)cc1. The van der Waals surface area contributed by atoms with Crippen molar-refractivity contribution >= 4 is 23.2 Å². The molecule has 0 saturated heterocycles. The lowest BCUT2D eigenvalue weighted by Gasteiger charge is -2.18. The number of hydrogen-bond donors (Lipinski definition) is 1. The predicted molar refractivity (Wildman–Crippen MR) is 111 cm³/mol. The summed E-state index contributed by atoms with van der Waals surface area (Å²) in [6.07, 6.45) is 3.39. The first-order chi connectivity index (χ1) is 11.5. The van der Waals surface area contributed by atoms with E-state index in [1.807, 2.05) is 24.3 Å². The van der Waals surface area contributed by atoms with Gasteiger partial charge in [0.15, 0.2) is 0 Å². The summed E-state index contributed by atoms with van der Waals surface area (Å²) in [4.78, 5) is 0. The molecule has 2 rings (SSSR count). The van der Waals surface area contributed by atoms with Gasteiger partial charge in [-0.15, -0.1) is 0 Å². The van der Waals surface area contributed by atoms with Crippen LogP contribution in [0.15, 0.2) is 48.5 Å². The Balaban J connectivity index is 0.00000312. The van der Waals surface area contributed by atoms with Crippen LogP contribution in [-0.4, -0.2) is 11.2 Å². The highest BCUT2D eigenvalue weighted by Crippen LogP contribution is 2.26. The zero-order valence-corrected chi connectivity index (χ0v) is 15.9. The van der Waals surface area contributed by atoms with Crippen LogP contribution in [0.5, 0.6) is 0 Å². The first-order valence-corrected chi connectivity index (χ1v) is 9.40. The highest BCUT2D eigenvalue weighted by atomic mass is 35.5. The molecule has 1 nitrogen and oxygen atoms in total. The van der Waals surface area contributed by atoms with Crippen molar-refractivity contribution in [1.29, 1.82) is 0 Å². The van der Waals surface area contributed by atoms with Crippen molar-refractivity contribution in [1.82, 2.24) is 0 Å². The predicted octanol–water partition coefficient (Wildman–Crippen LogP) is 7.46. The molecule has 0 bridgehead atoms. The van der Waals surface area contributed by atoms with E-state index in [4.69, 9.17) is 23.2 Å². The normalized spacial score (nSPS) is 13.4. The fraction of sp³-hybridized carbons (Fsp3) is 0.455. The van der Waals surface area contributed by atoms with Crippen LogP contribution in [0.1, 0.15) is 69.9 Å². The Morgan fingerprint density at radius 1 is 0.680 bits per heavy atom. The fourth-order valence-electron chi connectivity index (χ4n) is 2.95. The van der Waals surface area contributed by atoms with Gasteiger partial charge in [0.1, 0.15) is 0 Å². The molecule has 138 valence electrons. The van der Waals surface area contributed by atoms with Crippen molar-refractivity contribution < 1.29 is 5.11 Å². The maximum Gasteiger partial charge on any atom is 0.0540 e. The molecule has 0 aliphatic carbocycles. The Bertz CT molecular complexity index is 551. The standard InChI is InChI=1S/C21H26Cl2O.CH4/c1-15(17-5-9-19(22)10-6-17)3-13-21(24)14-4-16(2)18-7-11-20(23)12-8-18;/h5-12,15-16,21,24H,3-4,13-14H2,1-2H3;1H4/t15-,16-;/m1./s1. The number of aliphatic hydroxyl groups excluding tert-OH is 1. The van der Waals surface area contributed by atoms with Crippen LogP contribution in [-0.2, 0) is 0 Å². The largest absolute Gasteiger partial charge is 0.393 e. The molecule has 0 aliphatic rings. The molecular weight excluding hydrogens is 351 g/mol. The lowest BCUT2D eigenvalue weighted by Crippen LogP contribution is -2.10. The summed E-state index contributed by atoms with van der Waals surface area (Å²) in [6, 6.07) is 16.0. The Kier molecular flexibility index (Phi) is 9.56. The van der Waals surface area contributed by atoms with E-state index in [9.17, 15) is 5.11 Å². The van der Waals surface area contributed by atoms with Gasteiger partial charge in [0.2, 0.25) is 0 Å². The van der Waals surface area contributed by atoms with E-state index < -0.39 is 0 Å². The molecule has 0 radical (unpaired) electrons. The van der Waals surface area contributed by atoms with E-state index in [-0.39, 0.29) is 13.5 Å². The van der Waals surface area contributed by atoms with Gasteiger partial charge in [0.05, 0.1) is 6.10 Å². The zero-order valence-electron chi connectivity index (χ0n) is 14.4. The molecule has 0 heterocycles. The summed E-state index contributed by atoms with van der Waals surface area (Å²) in [7, 11) is 0. The summed E-state index contributed by atoms with van der Waals surface area (Å²) < 4.78 is 0. The van der Waals surface area contributed by atoms with Gasteiger partial charge in [0, 0.05) is 10.0 Å². The Hall–Kier alpha value is -1.02. The van der Waals surface area contributed by atoms with Gasteiger partial charge in [-0.25, -0.2) is 0 Å². The van der Waals surface area contributed by atoms with Gasteiger partial charge in [-0.1, -0.05) is 68.7 Å². The van der Waals surface area contributed by atoms with Crippen molar-refractivity contribution in [2.24, 2.45) is 0 Å². The monoisotopic (exact) mass is 380 g/mol. The number of rotatable bonds is 8. The molecule has 0 saturated carbocycles. The van der Waals surface area contributed by atoms with E-state index >= 15 is 0 Å². The molecule has 0 aliphatic heterocycles. The first kappa shape index (κ1) is 22.0. The molecule has 0 amide bonds. The van der Waals surface area contributed by atoms with Crippen LogP contribution in [0.2, 0.25) is 10.0 Å². The van der Waals surface area contributed by atoms with Crippen molar-refractivity contribution in [3.8, 4) is 0 Å². The number of halogens is 2. The molecule has 1 N–H and O–H groups in total. The minimum Gasteiger partial charge on any atom is -0.393 e. The third-order valence-electron chi connectivity index (χ3n) is 4.74. The maximum absolute atomic E-state index is 10.3. The highest BCUT2D eigenvalue weighted by molar-refractivity contribution is 6.30. The number of aliphatic hydroxyl groups is 1. The second kappa shape index (κ2) is 10.9. The van der Waals surface area contributed by atoms with Gasteiger partial charge in [-0.05, 0) is 72.9 Å². The Labute approximate surface area is 163 Å². The molecule has 2 aromatic carbocycles. The minimum absolute atomic E-state index is 0. The average Bonchev–Trinajstić information content (AvgIpc) is 2.58. The Morgan fingerprint density at radius 2 is 1.00 bits per heavy atom. The molecule has 25 heavy (non-hydrogen) atoms. The van der Waals surface area contributed by atoms with Crippen LogP contribution in [0, 0.1) is 0 Å². The molecule has 0 unspecified atom stereocenters. The second-order valence-corrected chi connectivity index (χ2v) is 7.59. The van der Waals surface area contributed by atoms with Gasteiger partial charge in [-0.3, -0.25) is 0 Å². The molecule has 0 spiro atoms. The van der Waals surface area contributed by atoms with Crippen molar-refractivity contribution in [3.05, 3.63) is 69.7 Å². The van der Waals surface area contributed by atoms with E-state index in [2.05, 4.69) is 38.1 Å². The third-order valence-corrected chi connectivity index (χ3v) is 5.25. The van der Waals surface area contributed by atoms with Crippen molar-refractivity contribution in [2.75, 3.05) is 0 Å². The van der Waals surface area contributed by atoms with E-state index in [1.54, 1.807) is 0 Å². The molecule has 2 atom stereocenters. The molecule has 3 heteroatoms. The van der Waals surface area contributed by atoms with Crippen LogP contribution >= 0.6 is 23.2 Å². The van der Waals surface area contributed by atoms with Gasteiger partial charge in [0.25, 0.3) is 0 Å². The number of benzene rings is 2. The van der Waals surface area contributed by atoms with Crippen molar-refractivity contribution in [2.45, 2.75) is 64.9 Å². The number of hydrogen-bond acceptors (Lipinski definition) is 1. The summed E-state index contributed by atoms with van der Waals surface area (Å²) in [5.74, 6) is 0.871. The van der Waals surface area contributed by atoms with Gasteiger partial charge < -0.3 is 5.11 Å². The Morgan fingerprint density at radius 3 is 1.32 bits per heavy atom. The topological polar surface area (TPSA) is 20.2 Å². The summed E-state index contributed by atoms with van der Waals surface area (Å²) >= 11 is 11.9. The van der Waals surface area contributed by atoms with Crippen LogP contribution in [0.3, 0.4) is 0 Å². The second-order valence-electron chi connectivity index (χ2n) is 6.71. The van der Waals surface area contributed by atoms with E-state index in [0.29, 0.717) is 11.8 Å². The summed E-state index contributed by atoms with van der Waals surface area (Å²) in [6.45, 7) is 4.40. The first-order valence-electron chi connectivity index (χ1n) is 8.64. The van der Waals surface area contributed by atoms with Crippen LogP contribution in [0.4, 0.5) is 0 Å². The lowest BCUT2D eigenvalue weighted by atomic mass is 9.91. The van der Waals surface area contributed by atoms with Crippen LogP contribution in [0.25, 0.3) is 0 Å². The van der Waals surface area contributed by atoms with Crippen molar-refractivity contribution in [3.63, 3.8) is 0 Å². The van der Waals surface area contributed by atoms with Gasteiger partial charge >= 0.3 is 0 Å². The van der Waals surface area contributed by atoms with E-state index in [0.717, 1.165) is 35.7 Å². The third kappa shape index (κ3) is 7.40. The maximum atomic E-state index is 10.3. The quantitative estimate of drug-likeness (QED) is 0.503. The molecule has 0 fully saturated rings. The smallest absolute Gasteiger partial charge is 0.0540 e. The summed E-state index contributed by atoms with van der Waals surface area (Å²) in [5.41, 5.74) is 2.56. The molecular formula is C22H30Cl2O. The highest BCUT2D eigenvalue weighted by Gasteiger charge is 2.12. The lowest BCUT2D eigenvalue weighted by molar-refractivity contribution is 0.145. The average molecular weight is 381 g/mol. The minimum atomic E-state index is -0.241. The van der Waals surface area contributed by atoms with E-state index in [1.165, 1.54) is 11.1 Å². The fourth-order valence-corrected chi connectivity index (χ4v) is 3.20. The molecule has 2 aromatic rings. The van der Waals surface area contributed by atoms with Gasteiger partial charge in [-0.2, -0.15) is 0 Å².